The molecule has 0 aromatic heterocycles. The average Bonchev–Trinajstić information content (AvgIpc) is 2.59. The number of urea groups is 1. The van der Waals surface area contributed by atoms with Crippen molar-refractivity contribution in [3.05, 3.63) is 58.6 Å². The van der Waals surface area contributed by atoms with Crippen molar-refractivity contribution in [1.29, 1.82) is 0 Å². The highest BCUT2D eigenvalue weighted by molar-refractivity contribution is 6.39. The van der Waals surface area contributed by atoms with E-state index in [0.29, 0.717) is 16.3 Å². The van der Waals surface area contributed by atoms with Gasteiger partial charge in [-0.2, -0.15) is 0 Å². The standard InChI is InChI=1S/C18H13ClN2O5/c1-26-14-7-10(6-11(19)9-14)8-15-16(23)20-18(25)21(17(15)24)12-2-4-13(22)5-3-12/h2-9,22H,1H3,(H,20,23,25)/b15-8+. The number of hydrogen-bond donors (Lipinski definition) is 2. The maximum absolute atomic E-state index is 12.7. The van der Waals surface area contributed by atoms with Gasteiger partial charge in [0.05, 0.1) is 12.8 Å². The van der Waals surface area contributed by atoms with Crippen LogP contribution in [0.5, 0.6) is 11.5 Å². The Morgan fingerprint density at radius 3 is 2.46 bits per heavy atom. The van der Waals surface area contributed by atoms with Gasteiger partial charge in [0.1, 0.15) is 17.1 Å². The molecular formula is C18H13ClN2O5. The zero-order valence-electron chi connectivity index (χ0n) is 13.5. The van der Waals surface area contributed by atoms with E-state index in [2.05, 4.69) is 5.32 Å². The highest BCUT2D eigenvalue weighted by Crippen LogP contribution is 2.26. The molecule has 0 radical (unpaired) electrons. The van der Waals surface area contributed by atoms with Crippen LogP contribution in [-0.2, 0) is 9.59 Å². The smallest absolute Gasteiger partial charge is 0.335 e. The molecule has 0 spiro atoms. The monoisotopic (exact) mass is 372 g/mol. The number of amides is 4. The van der Waals surface area contributed by atoms with Crippen molar-refractivity contribution in [1.82, 2.24) is 5.32 Å². The van der Waals surface area contributed by atoms with Gasteiger partial charge < -0.3 is 9.84 Å². The van der Waals surface area contributed by atoms with Crippen molar-refractivity contribution >= 4 is 41.2 Å². The molecule has 3 rings (SSSR count). The van der Waals surface area contributed by atoms with E-state index in [-0.39, 0.29) is 17.0 Å². The molecule has 1 saturated heterocycles. The Morgan fingerprint density at radius 1 is 1.12 bits per heavy atom. The molecular weight excluding hydrogens is 360 g/mol. The van der Waals surface area contributed by atoms with Crippen LogP contribution in [0.1, 0.15) is 5.56 Å². The number of methoxy groups -OCH3 is 1. The lowest BCUT2D eigenvalue weighted by molar-refractivity contribution is -0.122. The van der Waals surface area contributed by atoms with Crippen molar-refractivity contribution in [2.75, 3.05) is 12.0 Å². The predicted molar refractivity (Wildman–Crippen MR) is 95.1 cm³/mol. The molecule has 1 aliphatic rings. The molecule has 1 fully saturated rings. The molecule has 0 aliphatic carbocycles. The van der Waals surface area contributed by atoms with Gasteiger partial charge in [0.2, 0.25) is 0 Å². The lowest BCUT2D eigenvalue weighted by atomic mass is 10.1. The number of carbonyl (C=O) groups is 3. The van der Waals surface area contributed by atoms with E-state index in [1.54, 1.807) is 18.2 Å². The van der Waals surface area contributed by atoms with Gasteiger partial charge in [0, 0.05) is 5.02 Å². The first kappa shape index (κ1) is 17.5. The normalized spacial score (nSPS) is 16.0. The number of phenols is 1. The van der Waals surface area contributed by atoms with Crippen LogP contribution in [0.2, 0.25) is 5.02 Å². The van der Waals surface area contributed by atoms with E-state index >= 15 is 0 Å². The van der Waals surface area contributed by atoms with Crippen molar-refractivity contribution in [2.24, 2.45) is 0 Å². The number of phenolic OH excluding ortho intramolecular Hbond substituents is 1. The summed E-state index contributed by atoms with van der Waals surface area (Å²) in [6.45, 7) is 0. The lowest BCUT2D eigenvalue weighted by Crippen LogP contribution is -2.54. The minimum absolute atomic E-state index is 0.0171. The third kappa shape index (κ3) is 3.38. The number of aromatic hydroxyl groups is 1. The van der Waals surface area contributed by atoms with Gasteiger partial charge in [-0.05, 0) is 54.1 Å². The molecule has 0 saturated carbocycles. The van der Waals surface area contributed by atoms with E-state index in [4.69, 9.17) is 16.3 Å². The molecule has 2 aromatic carbocycles. The fourth-order valence-corrected chi connectivity index (χ4v) is 2.68. The van der Waals surface area contributed by atoms with Gasteiger partial charge in [-0.3, -0.25) is 14.9 Å². The number of imide groups is 2. The maximum Gasteiger partial charge on any atom is 0.335 e. The van der Waals surface area contributed by atoms with Crippen molar-refractivity contribution in [3.8, 4) is 11.5 Å². The summed E-state index contributed by atoms with van der Waals surface area (Å²) in [6, 6.07) is 9.31. The number of benzene rings is 2. The van der Waals surface area contributed by atoms with Crippen LogP contribution in [-0.4, -0.2) is 30.1 Å². The molecule has 0 atom stereocenters. The van der Waals surface area contributed by atoms with E-state index < -0.39 is 17.8 Å². The number of carbonyl (C=O) groups excluding carboxylic acids is 3. The zero-order valence-corrected chi connectivity index (χ0v) is 14.3. The van der Waals surface area contributed by atoms with Crippen LogP contribution in [0.15, 0.2) is 48.0 Å². The number of nitrogens with one attached hydrogen (secondary N) is 1. The molecule has 1 heterocycles. The molecule has 8 heteroatoms. The number of rotatable bonds is 3. The second-order valence-corrected chi connectivity index (χ2v) is 5.84. The average molecular weight is 373 g/mol. The predicted octanol–water partition coefficient (Wildman–Crippen LogP) is 2.72. The molecule has 2 N–H and O–H groups in total. The molecule has 0 unspecified atom stereocenters. The first-order chi connectivity index (χ1) is 12.4. The van der Waals surface area contributed by atoms with Crippen LogP contribution < -0.4 is 15.0 Å². The van der Waals surface area contributed by atoms with Crippen LogP contribution >= 0.6 is 11.6 Å². The molecule has 0 bridgehead atoms. The zero-order chi connectivity index (χ0) is 18.8. The third-order valence-corrected chi connectivity index (χ3v) is 3.87. The molecule has 26 heavy (non-hydrogen) atoms. The summed E-state index contributed by atoms with van der Waals surface area (Å²) in [7, 11) is 1.46. The van der Waals surface area contributed by atoms with Crippen LogP contribution in [0, 0.1) is 0 Å². The molecule has 2 aromatic rings. The summed E-state index contributed by atoms with van der Waals surface area (Å²) < 4.78 is 5.11. The summed E-state index contributed by atoms with van der Waals surface area (Å²) in [5.41, 5.74) is 0.447. The van der Waals surface area contributed by atoms with Crippen molar-refractivity contribution in [3.63, 3.8) is 0 Å². The van der Waals surface area contributed by atoms with Crippen LogP contribution in [0.25, 0.3) is 6.08 Å². The molecule has 4 amide bonds. The first-order valence-electron chi connectivity index (χ1n) is 7.44. The molecule has 7 nitrogen and oxygen atoms in total. The quantitative estimate of drug-likeness (QED) is 0.638. The van der Waals surface area contributed by atoms with Gasteiger partial charge in [0.15, 0.2) is 0 Å². The number of halogens is 1. The SMILES string of the molecule is COc1cc(Cl)cc(/C=C2\C(=O)NC(=O)N(c3ccc(O)cc3)C2=O)c1. The summed E-state index contributed by atoms with van der Waals surface area (Å²) in [6.07, 6.45) is 1.33. The van der Waals surface area contributed by atoms with Gasteiger partial charge in [-0.1, -0.05) is 11.6 Å². The molecule has 132 valence electrons. The Morgan fingerprint density at radius 2 is 1.81 bits per heavy atom. The van der Waals surface area contributed by atoms with E-state index in [9.17, 15) is 19.5 Å². The third-order valence-electron chi connectivity index (χ3n) is 3.65. The second kappa shape index (κ2) is 6.89. The fourth-order valence-electron chi connectivity index (χ4n) is 2.45. The van der Waals surface area contributed by atoms with E-state index in [1.807, 2.05) is 0 Å². The molecule has 1 aliphatic heterocycles. The first-order valence-corrected chi connectivity index (χ1v) is 7.82. The highest BCUT2D eigenvalue weighted by Gasteiger charge is 2.36. The van der Waals surface area contributed by atoms with Crippen LogP contribution in [0.4, 0.5) is 10.5 Å². The van der Waals surface area contributed by atoms with Gasteiger partial charge in [-0.15, -0.1) is 0 Å². The topological polar surface area (TPSA) is 95.9 Å². The number of nitrogens with zero attached hydrogens (tertiary/aromatic N) is 1. The Hall–Kier alpha value is -3.32. The summed E-state index contributed by atoms with van der Waals surface area (Å²) in [5, 5.41) is 11.8. The summed E-state index contributed by atoms with van der Waals surface area (Å²) in [4.78, 5) is 37.8. The Labute approximate surface area is 153 Å². The van der Waals surface area contributed by atoms with Crippen molar-refractivity contribution in [2.45, 2.75) is 0 Å². The fraction of sp³-hybridized carbons (Fsp3) is 0.0556. The van der Waals surface area contributed by atoms with Crippen molar-refractivity contribution < 1.29 is 24.2 Å². The minimum atomic E-state index is -0.869. The summed E-state index contributed by atoms with van der Waals surface area (Å²) >= 11 is 6.00. The number of barbiturate groups is 1. The van der Waals surface area contributed by atoms with Gasteiger partial charge >= 0.3 is 6.03 Å². The lowest BCUT2D eigenvalue weighted by Gasteiger charge is -2.26. The second-order valence-electron chi connectivity index (χ2n) is 5.40. The maximum atomic E-state index is 12.7. The summed E-state index contributed by atoms with van der Waals surface area (Å²) in [5.74, 6) is -1.16. The number of hydrogen-bond acceptors (Lipinski definition) is 5. The van der Waals surface area contributed by atoms with E-state index in [1.165, 1.54) is 37.5 Å². The Balaban J connectivity index is 2.02. The number of anilines is 1. The minimum Gasteiger partial charge on any atom is -0.508 e. The Bertz CT molecular complexity index is 937. The van der Waals surface area contributed by atoms with Gasteiger partial charge in [-0.25, -0.2) is 9.69 Å². The Kier molecular flexibility index (Phi) is 4.64. The van der Waals surface area contributed by atoms with Crippen LogP contribution in [0.3, 0.4) is 0 Å². The number of ether oxygens (including phenoxy) is 1. The largest absolute Gasteiger partial charge is 0.508 e. The van der Waals surface area contributed by atoms with E-state index in [0.717, 1.165) is 4.90 Å². The van der Waals surface area contributed by atoms with Gasteiger partial charge in [0.25, 0.3) is 11.8 Å². The highest BCUT2D eigenvalue weighted by atomic mass is 35.5.